The molecular formula is C22H20N2O4S. The molecule has 0 atom stereocenters. The third-order valence-electron chi connectivity index (χ3n) is 4.93. The van der Waals surface area contributed by atoms with Gasteiger partial charge in [0.2, 0.25) is 10.0 Å². The summed E-state index contributed by atoms with van der Waals surface area (Å²) in [6.07, 6.45) is 0. The fourth-order valence-electron chi connectivity index (χ4n) is 3.27. The van der Waals surface area contributed by atoms with E-state index in [9.17, 15) is 13.2 Å². The summed E-state index contributed by atoms with van der Waals surface area (Å²) in [6.45, 7) is 1.85. The van der Waals surface area contributed by atoms with Gasteiger partial charge in [0, 0.05) is 36.1 Å². The van der Waals surface area contributed by atoms with Crippen molar-refractivity contribution in [3.05, 3.63) is 72.0 Å². The zero-order valence-corrected chi connectivity index (χ0v) is 17.1. The number of fused-ring (bicyclic) bond motifs is 3. The van der Waals surface area contributed by atoms with Gasteiger partial charge in [0.15, 0.2) is 5.76 Å². The highest BCUT2D eigenvalue weighted by Gasteiger charge is 2.20. The summed E-state index contributed by atoms with van der Waals surface area (Å²) < 4.78 is 31.4. The molecule has 0 bridgehead atoms. The summed E-state index contributed by atoms with van der Waals surface area (Å²) in [5, 5.41) is 5.65. The SMILES string of the molecule is Cc1c(C(=O)Nc2ccc(S(=O)(=O)N(C)C)cc2)oc2c1ccc1ccccc12. The minimum Gasteiger partial charge on any atom is -0.450 e. The maximum absolute atomic E-state index is 12.8. The highest BCUT2D eigenvalue weighted by molar-refractivity contribution is 7.89. The van der Waals surface area contributed by atoms with Gasteiger partial charge < -0.3 is 9.73 Å². The molecule has 1 amide bonds. The second kappa shape index (κ2) is 7.02. The third-order valence-corrected chi connectivity index (χ3v) is 6.75. The first-order valence-electron chi connectivity index (χ1n) is 9.04. The van der Waals surface area contributed by atoms with Crippen LogP contribution in [0.4, 0.5) is 5.69 Å². The number of furan rings is 1. The molecule has 0 radical (unpaired) electrons. The third kappa shape index (κ3) is 3.28. The molecule has 0 saturated carbocycles. The number of rotatable bonds is 4. The summed E-state index contributed by atoms with van der Waals surface area (Å²) in [4.78, 5) is 13.0. The van der Waals surface area contributed by atoms with Gasteiger partial charge in [-0.15, -0.1) is 0 Å². The number of nitrogens with one attached hydrogen (secondary N) is 1. The Labute approximate surface area is 168 Å². The molecule has 0 saturated heterocycles. The Morgan fingerprint density at radius 1 is 0.931 bits per heavy atom. The molecule has 0 unspecified atom stereocenters. The van der Waals surface area contributed by atoms with Gasteiger partial charge in [0.25, 0.3) is 5.91 Å². The lowest BCUT2D eigenvalue weighted by molar-refractivity contribution is 0.0998. The van der Waals surface area contributed by atoms with Gasteiger partial charge in [-0.2, -0.15) is 0 Å². The lowest BCUT2D eigenvalue weighted by Crippen LogP contribution is -2.22. The van der Waals surface area contributed by atoms with Crippen molar-refractivity contribution in [1.29, 1.82) is 0 Å². The maximum atomic E-state index is 12.8. The first kappa shape index (κ1) is 19.2. The number of hydrogen-bond acceptors (Lipinski definition) is 4. The Kier molecular flexibility index (Phi) is 4.64. The van der Waals surface area contributed by atoms with Gasteiger partial charge in [-0.1, -0.05) is 36.4 Å². The molecule has 29 heavy (non-hydrogen) atoms. The van der Waals surface area contributed by atoms with E-state index in [1.54, 1.807) is 12.1 Å². The first-order chi connectivity index (χ1) is 13.8. The Hall–Kier alpha value is -3.16. The molecular weight excluding hydrogens is 388 g/mol. The van der Waals surface area contributed by atoms with Crippen LogP contribution in [-0.2, 0) is 10.0 Å². The van der Waals surface area contributed by atoms with Crippen LogP contribution in [0.3, 0.4) is 0 Å². The Bertz CT molecular complexity index is 1340. The van der Waals surface area contributed by atoms with E-state index in [-0.39, 0.29) is 16.6 Å². The van der Waals surface area contributed by atoms with E-state index in [2.05, 4.69) is 5.32 Å². The van der Waals surface area contributed by atoms with Crippen molar-refractivity contribution < 1.29 is 17.6 Å². The van der Waals surface area contributed by atoms with Crippen LogP contribution in [0.25, 0.3) is 21.7 Å². The fourth-order valence-corrected chi connectivity index (χ4v) is 4.18. The van der Waals surface area contributed by atoms with Crippen molar-refractivity contribution in [3.8, 4) is 0 Å². The molecule has 0 aliphatic rings. The van der Waals surface area contributed by atoms with E-state index in [4.69, 9.17) is 4.42 Å². The summed E-state index contributed by atoms with van der Waals surface area (Å²) in [5.74, 6) is -0.146. The molecule has 1 heterocycles. The van der Waals surface area contributed by atoms with E-state index in [1.165, 1.54) is 26.2 Å². The minimum atomic E-state index is -3.52. The molecule has 148 valence electrons. The maximum Gasteiger partial charge on any atom is 0.291 e. The molecule has 6 nitrogen and oxygen atoms in total. The van der Waals surface area contributed by atoms with E-state index in [1.807, 2.05) is 43.3 Å². The number of aryl methyl sites for hydroxylation is 1. The lowest BCUT2D eigenvalue weighted by atomic mass is 10.1. The monoisotopic (exact) mass is 408 g/mol. The molecule has 4 rings (SSSR count). The molecule has 0 aliphatic heterocycles. The molecule has 7 heteroatoms. The average molecular weight is 408 g/mol. The average Bonchev–Trinajstić information content (AvgIpc) is 3.05. The van der Waals surface area contributed by atoms with Crippen LogP contribution in [0.1, 0.15) is 16.1 Å². The summed E-state index contributed by atoms with van der Waals surface area (Å²) in [5.41, 5.74) is 1.92. The van der Waals surface area contributed by atoms with Crippen molar-refractivity contribution in [2.75, 3.05) is 19.4 Å². The summed E-state index contributed by atoms with van der Waals surface area (Å²) in [6, 6.07) is 17.8. The summed E-state index contributed by atoms with van der Waals surface area (Å²) >= 11 is 0. The number of hydrogen-bond donors (Lipinski definition) is 1. The van der Waals surface area contributed by atoms with Gasteiger partial charge in [0.1, 0.15) is 5.58 Å². The number of sulfonamides is 1. The topological polar surface area (TPSA) is 79.6 Å². The number of nitrogens with zero attached hydrogens (tertiary/aromatic N) is 1. The van der Waals surface area contributed by atoms with Gasteiger partial charge in [0.05, 0.1) is 4.90 Å². The van der Waals surface area contributed by atoms with E-state index in [0.717, 1.165) is 26.0 Å². The van der Waals surface area contributed by atoms with Crippen LogP contribution >= 0.6 is 0 Å². The van der Waals surface area contributed by atoms with Crippen LogP contribution < -0.4 is 5.32 Å². The largest absolute Gasteiger partial charge is 0.450 e. The number of benzene rings is 3. The number of amides is 1. The quantitative estimate of drug-likeness (QED) is 0.543. The Balaban J connectivity index is 1.66. The summed E-state index contributed by atoms with van der Waals surface area (Å²) in [7, 11) is -0.574. The second-order valence-electron chi connectivity index (χ2n) is 6.99. The van der Waals surface area contributed by atoms with Crippen LogP contribution in [0.15, 0.2) is 70.0 Å². The standard InChI is InChI=1S/C22H20N2O4S/c1-14-18-13-8-15-6-4-5-7-19(15)21(18)28-20(14)22(25)23-16-9-11-17(12-10-16)29(26,27)24(2)3/h4-13H,1-3H3,(H,23,25). The molecule has 0 aliphatic carbocycles. The van der Waals surface area contributed by atoms with Crippen molar-refractivity contribution in [3.63, 3.8) is 0 Å². The van der Waals surface area contributed by atoms with E-state index < -0.39 is 10.0 Å². The zero-order valence-electron chi connectivity index (χ0n) is 16.3. The van der Waals surface area contributed by atoms with Crippen LogP contribution in [-0.4, -0.2) is 32.7 Å². The normalized spacial score (nSPS) is 12.0. The fraction of sp³-hybridized carbons (Fsp3) is 0.136. The predicted octanol–water partition coefficient (Wildman–Crippen LogP) is 4.40. The smallest absolute Gasteiger partial charge is 0.291 e. The Morgan fingerprint density at radius 2 is 1.62 bits per heavy atom. The van der Waals surface area contributed by atoms with Crippen molar-refractivity contribution in [2.24, 2.45) is 0 Å². The first-order valence-corrected chi connectivity index (χ1v) is 10.5. The van der Waals surface area contributed by atoms with Crippen LogP contribution in [0.2, 0.25) is 0 Å². The van der Waals surface area contributed by atoms with Crippen molar-refractivity contribution >= 4 is 43.4 Å². The second-order valence-corrected chi connectivity index (χ2v) is 9.14. The van der Waals surface area contributed by atoms with E-state index >= 15 is 0 Å². The predicted molar refractivity (Wildman–Crippen MR) is 114 cm³/mol. The molecule has 1 aromatic heterocycles. The number of carbonyl (C=O) groups is 1. The Morgan fingerprint density at radius 3 is 2.31 bits per heavy atom. The molecule has 0 spiro atoms. The highest BCUT2D eigenvalue weighted by atomic mass is 32.2. The van der Waals surface area contributed by atoms with Gasteiger partial charge in [-0.3, -0.25) is 4.79 Å². The van der Waals surface area contributed by atoms with Crippen molar-refractivity contribution in [1.82, 2.24) is 4.31 Å². The van der Waals surface area contributed by atoms with Crippen molar-refractivity contribution in [2.45, 2.75) is 11.8 Å². The number of anilines is 1. The number of carbonyl (C=O) groups excluding carboxylic acids is 1. The minimum absolute atomic E-state index is 0.159. The lowest BCUT2D eigenvalue weighted by Gasteiger charge is -2.11. The zero-order chi connectivity index (χ0) is 20.8. The molecule has 0 fully saturated rings. The molecule has 1 N–H and O–H groups in total. The van der Waals surface area contributed by atoms with Gasteiger partial charge in [-0.05, 0) is 36.6 Å². The van der Waals surface area contributed by atoms with Crippen LogP contribution in [0.5, 0.6) is 0 Å². The molecule has 4 aromatic rings. The van der Waals surface area contributed by atoms with E-state index in [0.29, 0.717) is 11.3 Å². The molecule has 3 aromatic carbocycles. The van der Waals surface area contributed by atoms with Gasteiger partial charge >= 0.3 is 0 Å². The van der Waals surface area contributed by atoms with Crippen LogP contribution in [0, 0.1) is 6.92 Å². The van der Waals surface area contributed by atoms with Gasteiger partial charge in [-0.25, -0.2) is 12.7 Å². The highest BCUT2D eigenvalue weighted by Crippen LogP contribution is 2.32.